The molecular weight excluding hydrogens is 442 g/mol. The molecule has 2 aliphatic heterocycles. The molecule has 33 heavy (non-hydrogen) atoms. The topological polar surface area (TPSA) is 92.5 Å². The minimum atomic E-state index is -0.423. The second-order valence-corrected chi connectivity index (χ2v) is 8.22. The molecule has 2 aliphatic rings. The average Bonchev–Trinajstić information content (AvgIpc) is 3.45. The number of amides is 1. The summed E-state index contributed by atoms with van der Waals surface area (Å²) in [6.07, 6.45) is 7.06. The first kappa shape index (κ1) is 23.1. The molecule has 3 aromatic rings. The van der Waals surface area contributed by atoms with Gasteiger partial charge in [0, 0.05) is 31.8 Å². The van der Waals surface area contributed by atoms with Crippen LogP contribution < -0.4 is 10.1 Å². The molecule has 4 heterocycles. The number of carbonyl (C=O) groups is 1. The van der Waals surface area contributed by atoms with E-state index < -0.39 is 5.91 Å². The molecule has 8 nitrogen and oxygen atoms in total. The number of allylic oxidation sites excluding steroid dienone is 1. The summed E-state index contributed by atoms with van der Waals surface area (Å²) in [5, 5.41) is 13.4. The maximum atomic E-state index is 13.2. The summed E-state index contributed by atoms with van der Waals surface area (Å²) >= 11 is 0. The Labute approximate surface area is 198 Å². The van der Waals surface area contributed by atoms with E-state index in [9.17, 15) is 9.90 Å². The maximum absolute atomic E-state index is 13.2. The van der Waals surface area contributed by atoms with E-state index in [0.29, 0.717) is 36.8 Å². The number of pyridine rings is 1. The number of aliphatic hydroxyl groups excluding tert-OH is 1. The van der Waals surface area contributed by atoms with E-state index in [1.54, 1.807) is 18.5 Å². The van der Waals surface area contributed by atoms with E-state index in [2.05, 4.69) is 20.2 Å². The van der Waals surface area contributed by atoms with Crippen LogP contribution in [0.2, 0.25) is 0 Å². The number of nitrogens with one attached hydrogen (secondary N) is 1. The van der Waals surface area contributed by atoms with Crippen LogP contribution in [-0.2, 0) is 11.3 Å². The van der Waals surface area contributed by atoms with Crippen molar-refractivity contribution in [3.8, 4) is 5.75 Å². The number of para-hydroxylation sites is 2. The van der Waals surface area contributed by atoms with Gasteiger partial charge in [0.25, 0.3) is 5.91 Å². The average molecular weight is 470 g/mol. The number of halogens is 1. The molecule has 0 aliphatic carbocycles. The van der Waals surface area contributed by atoms with Crippen LogP contribution >= 0.6 is 12.4 Å². The molecule has 5 rings (SSSR count). The number of anilines is 1. The van der Waals surface area contributed by atoms with Crippen LogP contribution in [0.15, 0.2) is 48.5 Å². The van der Waals surface area contributed by atoms with Crippen molar-refractivity contribution in [1.29, 1.82) is 0 Å². The molecule has 0 saturated carbocycles. The Bertz CT molecular complexity index is 1170. The van der Waals surface area contributed by atoms with Gasteiger partial charge in [-0.3, -0.25) is 9.78 Å². The SMILES string of the molecule is Cl.O=C(Nc1cnccc1OCCCN1CCCC1)C1=C(O)CCn2c1nc1ccccc12. The molecule has 174 valence electrons. The molecule has 1 fully saturated rings. The molecule has 2 aromatic heterocycles. The predicted octanol–water partition coefficient (Wildman–Crippen LogP) is 4.03. The van der Waals surface area contributed by atoms with Crippen molar-refractivity contribution in [3.05, 3.63) is 54.3 Å². The van der Waals surface area contributed by atoms with Crippen LogP contribution in [-0.4, -0.2) is 56.7 Å². The lowest BCUT2D eigenvalue weighted by Gasteiger charge is -2.19. The van der Waals surface area contributed by atoms with Crippen molar-refractivity contribution in [1.82, 2.24) is 19.4 Å². The number of aliphatic hydroxyl groups is 1. The van der Waals surface area contributed by atoms with Gasteiger partial charge in [-0.2, -0.15) is 0 Å². The van der Waals surface area contributed by atoms with E-state index in [1.807, 2.05) is 28.8 Å². The number of aromatic nitrogens is 3. The van der Waals surface area contributed by atoms with Crippen LogP contribution in [0.5, 0.6) is 5.75 Å². The van der Waals surface area contributed by atoms with Gasteiger partial charge in [-0.15, -0.1) is 12.4 Å². The van der Waals surface area contributed by atoms with E-state index in [0.717, 1.165) is 24.0 Å². The van der Waals surface area contributed by atoms with Gasteiger partial charge in [0.15, 0.2) is 0 Å². The lowest BCUT2D eigenvalue weighted by atomic mass is 10.1. The summed E-state index contributed by atoms with van der Waals surface area (Å²) in [5.41, 5.74) is 2.41. The number of aryl methyl sites for hydroxylation is 1. The standard InChI is InChI=1S/C24H27N5O3.ClH/c30-20-9-14-29-19-7-2-1-6-17(19)26-23(29)22(20)24(31)27-18-16-25-10-8-21(18)32-15-5-13-28-11-3-4-12-28;/h1-2,6-8,10,16,30H,3-5,9,11-15H2,(H,27,31);1H. The van der Waals surface area contributed by atoms with E-state index in [-0.39, 0.29) is 23.7 Å². The van der Waals surface area contributed by atoms with Crippen LogP contribution in [0.4, 0.5) is 5.69 Å². The third-order valence-electron chi connectivity index (χ3n) is 6.07. The first-order chi connectivity index (χ1) is 15.7. The van der Waals surface area contributed by atoms with E-state index in [1.165, 1.54) is 25.9 Å². The van der Waals surface area contributed by atoms with Crippen molar-refractivity contribution in [3.63, 3.8) is 0 Å². The van der Waals surface area contributed by atoms with E-state index >= 15 is 0 Å². The Balaban J connectivity index is 0.00000259. The lowest BCUT2D eigenvalue weighted by Crippen LogP contribution is -2.23. The molecule has 2 N–H and O–H groups in total. The lowest BCUT2D eigenvalue weighted by molar-refractivity contribution is -0.111. The van der Waals surface area contributed by atoms with Gasteiger partial charge in [0.1, 0.15) is 28.6 Å². The molecule has 0 radical (unpaired) electrons. The van der Waals surface area contributed by atoms with Crippen LogP contribution in [0, 0.1) is 0 Å². The summed E-state index contributed by atoms with van der Waals surface area (Å²) in [7, 11) is 0. The molecule has 0 atom stereocenters. The number of carbonyl (C=O) groups excluding carboxylic acids is 1. The minimum absolute atomic E-state index is 0. The van der Waals surface area contributed by atoms with Crippen molar-refractivity contribution >= 4 is 40.6 Å². The molecule has 9 heteroatoms. The van der Waals surface area contributed by atoms with Crippen molar-refractivity contribution in [2.24, 2.45) is 0 Å². The highest BCUT2D eigenvalue weighted by Crippen LogP contribution is 2.31. The number of nitrogens with zero attached hydrogens (tertiary/aromatic N) is 4. The molecule has 0 bridgehead atoms. The number of fused-ring (bicyclic) bond motifs is 3. The van der Waals surface area contributed by atoms with Crippen LogP contribution in [0.1, 0.15) is 31.5 Å². The number of likely N-dealkylation sites (tertiary alicyclic amines) is 1. The quantitative estimate of drug-likeness (QED) is 0.507. The highest BCUT2D eigenvalue weighted by molar-refractivity contribution is 6.25. The van der Waals surface area contributed by atoms with Gasteiger partial charge < -0.3 is 24.6 Å². The highest BCUT2D eigenvalue weighted by Gasteiger charge is 2.28. The monoisotopic (exact) mass is 469 g/mol. The Hall–Kier alpha value is -3.10. The van der Waals surface area contributed by atoms with Crippen molar-refractivity contribution in [2.75, 3.05) is 31.6 Å². The van der Waals surface area contributed by atoms with Crippen LogP contribution in [0.25, 0.3) is 16.6 Å². The summed E-state index contributed by atoms with van der Waals surface area (Å²) < 4.78 is 7.92. The Kier molecular flexibility index (Phi) is 7.15. The Morgan fingerprint density at radius 1 is 1.15 bits per heavy atom. The van der Waals surface area contributed by atoms with Gasteiger partial charge in [-0.1, -0.05) is 12.1 Å². The van der Waals surface area contributed by atoms with Gasteiger partial charge in [0.05, 0.1) is 23.8 Å². The smallest absolute Gasteiger partial charge is 0.263 e. The Morgan fingerprint density at radius 3 is 2.82 bits per heavy atom. The summed E-state index contributed by atoms with van der Waals surface area (Å²) in [5.74, 6) is 0.666. The van der Waals surface area contributed by atoms with Gasteiger partial charge in [-0.05, 0) is 44.5 Å². The number of rotatable bonds is 7. The molecule has 1 amide bonds. The third-order valence-corrected chi connectivity index (χ3v) is 6.07. The fourth-order valence-corrected chi connectivity index (χ4v) is 4.46. The molecule has 1 saturated heterocycles. The number of hydrogen-bond acceptors (Lipinski definition) is 6. The van der Waals surface area contributed by atoms with Crippen LogP contribution in [0.3, 0.4) is 0 Å². The van der Waals surface area contributed by atoms with E-state index in [4.69, 9.17) is 4.74 Å². The summed E-state index contributed by atoms with van der Waals surface area (Å²) in [4.78, 5) is 24.4. The zero-order chi connectivity index (χ0) is 21.9. The Morgan fingerprint density at radius 2 is 1.97 bits per heavy atom. The number of ether oxygens (including phenoxy) is 1. The van der Waals surface area contributed by atoms with Crippen molar-refractivity contribution < 1.29 is 14.6 Å². The minimum Gasteiger partial charge on any atom is -0.511 e. The molecule has 0 spiro atoms. The maximum Gasteiger partial charge on any atom is 0.263 e. The van der Waals surface area contributed by atoms with Crippen molar-refractivity contribution in [2.45, 2.75) is 32.2 Å². The second-order valence-electron chi connectivity index (χ2n) is 8.22. The third kappa shape index (κ3) is 4.82. The molecular formula is C24H28ClN5O3. The first-order valence-corrected chi connectivity index (χ1v) is 11.2. The number of imidazole rings is 1. The largest absolute Gasteiger partial charge is 0.511 e. The fraction of sp³-hybridized carbons (Fsp3) is 0.375. The van der Waals surface area contributed by atoms with Gasteiger partial charge >= 0.3 is 0 Å². The second kappa shape index (κ2) is 10.2. The highest BCUT2D eigenvalue weighted by atomic mass is 35.5. The van der Waals surface area contributed by atoms with Gasteiger partial charge in [-0.25, -0.2) is 4.98 Å². The normalized spacial score (nSPS) is 15.9. The fourth-order valence-electron chi connectivity index (χ4n) is 4.46. The zero-order valence-electron chi connectivity index (χ0n) is 18.4. The first-order valence-electron chi connectivity index (χ1n) is 11.2. The number of hydrogen-bond donors (Lipinski definition) is 2. The predicted molar refractivity (Wildman–Crippen MR) is 130 cm³/mol. The summed E-state index contributed by atoms with van der Waals surface area (Å²) in [6.45, 7) is 4.49. The molecule has 0 unspecified atom stereocenters. The number of benzene rings is 1. The zero-order valence-corrected chi connectivity index (χ0v) is 19.2. The summed E-state index contributed by atoms with van der Waals surface area (Å²) in [6, 6.07) is 9.48. The van der Waals surface area contributed by atoms with Gasteiger partial charge in [0.2, 0.25) is 0 Å². The molecule has 1 aromatic carbocycles.